The van der Waals surface area contributed by atoms with Crippen LogP contribution in [0.1, 0.15) is 25.1 Å². The van der Waals surface area contributed by atoms with Crippen molar-refractivity contribution in [3.8, 4) is 11.3 Å². The summed E-state index contributed by atoms with van der Waals surface area (Å²) in [6.07, 6.45) is 5.50. The molecule has 0 bridgehead atoms. The van der Waals surface area contributed by atoms with Gasteiger partial charge >= 0.3 is 0 Å². The van der Waals surface area contributed by atoms with Crippen molar-refractivity contribution in [1.82, 2.24) is 15.3 Å². The van der Waals surface area contributed by atoms with Crippen LogP contribution in [0.15, 0.2) is 41.0 Å². The van der Waals surface area contributed by atoms with E-state index in [1.165, 1.54) is 19.3 Å². The van der Waals surface area contributed by atoms with Crippen molar-refractivity contribution in [2.45, 2.75) is 24.7 Å². The average molecular weight is 332 g/mol. The van der Waals surface area contributed by atoms with Crippen molar-refractivity contribution in [3.63, 3.8) is 0 Å². The molecule has 0 unspecified atom stereocenters. The maximum atomic E-state index is 4.84. The highest BCUT2D eigenvalue weighted by atomic mass is 79.9. The van der Waals surface area contributed by atoms with Gasteiger partial charge in [0.25, 0.3) is 0 Å². The number of hydrogen-bond acceptors (Lipinski definition) is 3. The summed E-state index contributed by atoms with van der Waals surface area (Å²) < 4.78 is 1.07. The molecule has 4 heteroatoms. The summed E-state index contributed by atoms with van der Waals surface area (Å²) >= 11 is 3.60. The van der Waals surface area contributed by atoms with E-state index in [2.05, 4.69) is 32.3 Å². The van der Waals surface area contributed by atoms with E-state index in [-0.39, 0.29) is 5.41 Å². The highest BCUT2D eigenvalue weighted by Gasteiger charge is 2.40. The van der Waals surface area contributed by atoms with Gasteiger partial charge in [-0.1, -0.05) is 40.5 Å². The molecule has 1 aromatic heterocycles. The molecule has 2 aromatic rings. The van der Waals surface area contributed by atoms with Crippen molar-refractivity contribution >= 4 is 15.9 Å². The van der Waals surface area contributed by atoms with E-state index in [0.29, 0.717) is 0 Å². The van der Waals surface area contributed by atoms with Gasteiger partial charge in [0.15, 0.2) is 0 Å². The minimum absolute atomic E-state index is 0.131. The van der Waals surface area contributed by atoms with Crippen LogP contribution in [-0.4, -0.2) is 23.6 Å². The number of halogens is 1. The first kappa shape index (κ1) is 13.7. The zero-order chi connectivity index (χ0) is 14.0. The van der Waals surface area contributed by atoms with E-state index in [4.69, 9.17) is 4.98 Å². The maximum Gasteiger partial charge on any atom is 0.136 e. The van der Waals surface area contributed by atoms with Gasteiger partial charge in [-0.05, 0) is 32.0 Å². The molecule has 1 saturated carbocycles. The molecule has 0 aliphatic heterocycles. The standard InChI is InChI=1S/C16H18BrN3/c1-18-11-16(8-4-9-16)15-19-10-7-14(20-15)12-5-2-3-6-13(12)17/h2-3,5-7,10,18H,4,8-9,11H2,1H3. The van der Waals surface area contributed by atoms with Crippen LogP contribution in [0.2, 0.25) is 0 Å². The van der Waals surface area contributed by atoms with Crippen molar-refractivity contribution < 1.29 is 0 Å². The molecule has 1 aliphatic carbocycles. The lowest BCUT2D eigenvalue weighted by Gasteiger charge is -2.40. The quantitative estimate of drug-likeness (QED) is 0.930. The molecular weight excluding hydrogens is 314 g/mol. The molecule has 20 heavy (non-hydrogen) atoms. The summed E-state index contributed by atoms with van der Waals surface area (Å²) in [7, 11) is 2.00. The molecule has 1 fully saturated rings. The van der Waals surface area contributed by atoms with Crippen molar-refractivity contribution in [1.29, 1.82) is 0 Å². The summed E-state index contributed by atoms with van der Waals surface area (Å²) in [4.78, 5) is 9.38. The van der Waals surface area contributed by atoms with Gasteiger partial charge < -0.3 is 5.32 Å². The minimum atomic E-state index is 0.131. The molecular formula is C16H18BrN3. The van der Waals surface area contributed by atoms with Gasteiger partial charge in [0.05, 0.1) is 5.69 Å². The smallest absolute Gasteiger partial charge is 0.136 e. The highest BCUT2D eigenvalue weighted by molar-refractivity contribution is 9.10. The van der Waals surface area contributed by atoms with Crippen LogP contribution in [0.4, 0.5) is 0 Å². The molecule has 0 saturated heterocycles. The van der Waals surface area contributed by atoms with Gasteiger partial charge in [-0.25, -0.2) is 9.97 Å². The zero-order valence-electron chi connectivity index (χ0n) is 11.6. The fourth-order valence-corrected chi connectivity index (χ4v) is 3.34. The number of hydrogen-bond donors (Lipinski definition) is 1. The van der Waals surface area contributed by atoms with Crippen LogP contribution >= 0.6 is 15.9 Å². The normalized spacial score (nSPS) is 16.7. The Labute approximate surface area is 128 Å². The van der Waals surface area contributed by atoms with E-state index in [1.54, 1.807) is 0 Å². The monoisotopic (exact) mass is 331 g/mol. The topological polar surface area (TPSA) is 37.8 Å². The highest BCUT2D eigenvalue weighted by Crippen LogP contribution is 2.42. The van der Waals surface area contributed by atoms with E-state index in [0.717, 1.165) is 28.1 Å². The van der Waals surface area contributed by atoms with Gasteiger partial charge in [-0.2, -0.15) is 0 Å². The molecule has 3 rings (SSSR count). The van der Waals surface area contributed by atoms with Gasteiger partial charge in [0.2, 0.25) is 0 Å². The number of nitrogens with zero attached hydrogens (tertiary/aromatic N) is 2. The lowest BCUT2D eigenvalue weighted by atomic mass is 9.68. The molecule has 3 nitrogen and oxygen atoms in total. The third-order valence-electron chi connectivity index (χ3n) is 4.11. The zero-order valence-corrected chi connectivity index (χ0v) is 13.2. The first-order chi connectivity index (χ1) is 9.75. The van der Waals surface area contributed by atoms with Crippen LogP contribution in [0.25, 0.3) is 11.3 Å². The molecule has 0 atom stereocenters. The third-order valence-corrected chi connectivity index (χ3v) is 4.80. The van der Waals surface area contributed by atoms with E-state index >= 15 is 0 Å². The van der Waals surface area contributed by atoms with Gasteiger partial charge in [0, 0.05) is 28.2 Å². The lowest BCUT2D eigenvalue weighted by Crippen LogP contribution is -2.44. The molecule has 104 valence electrons. The van der Waals surface area contributed by atoms with Gasteiger partial charge in [-0.3, -0.25) is 0 Å². The Morgan fingerprint density at radius 3 is 2.70 bits per heavy atom. The van der Waals surface area contributed by atoms with Crippen molar-refractivity contribution in [2.75, 3.05) is 13.6 Å². The summed E-state index contributed by atoms with van der Waals surface area (Å²) in [5.74, 6) is 0.978. The van der Waals surface area contributed by atoms with Gasteiger partial charge in [0.1, 0.15) is 5.82 Å². The second-order valence-corrected chi connectivity index (χ2v) is 6.26. The summed E-state index contributed by atoms with van der Waals surface area (Å²) in [6, 6.07) is 10.2. The number of aromatic nitrogens is 2. The fraction of sp³-hybridized carbons (Fsp3) is 0.375. The van der Waals surface area contributed by atoms with Crippen LogP contribution in [0.3, 0.4) is 0 Å². The average Bonchev–Trinajstić information content (AvgIpc) is 2.43. The fourth-order valence-electron chi connectivity index (χ4n) is 2.85. The Morgan fingerprint density at radius 2 is 2.05 bits per heavy atom. The SMILES string of the molecule is CNCC1(c2nccc(-c3ccccc3Br)n2)CCC1. The Hall–Kier alpha value is -1.26. The Morgan fingerprint density at radius 1 is 1.25 bits per heavy atom. The minimum Gasteiger partial charge on any atom is -0.319 e. The molecule has 0 spiro atoms. The van der Waals surface area contributed by atoms with Crippen LogP contribution in [0.5, 0.6) is 0 Å². The molecule has 1 N–H and O–H groups in total. The predicted octanol–water partition coefficient (Wildman–Crippen LogP) is 3.55. The Balaban J connectivity index is 2.00. The molecule has 1 heterocycles. The number of nitrogens with one attached hydrogen (secondary N) is 1. The number of benzene rings is 1. The van der Waals surface area contributed by atoms with Crippen LogP contribution < -0.4 is 5.32 Å². The third kappa shape index (κ3) is 2.38. The second kappa shape index (κ2) is 5.62. The first-order valence-electron chi connectivity index (χ1n) is 6.98. The summed E-state index contributed by atoms with van der Waals surface area (Å²) in [5, 5.41) is 3.29. The molecule has 0 amide bonds. The second-order valence-electron chi connectivity index (χ2n) is 5.41. The van der Waals surface area contributed by atoms with Crippen molar-refractivity contribution in [3.05, 3.63) is 46.8 Å². The Bertz CT molecular complexity index is 608. The number of likely N-dealkylation sites (N-methyl/N-ethyl adjacent to an activating group) is 1. The molecule has 0 radical (unpaired) electrons. The van der Waals surface area contributed by atoms with Crippen LogP contribution in [0, 0.1) is 0 Å². The van der Waals surface area contributed by atoms with E-state index < -0.39 is 0 Å². The van der Waals surface area contributed by atoms with Crippen molar-refractivity contribution in [2.24, 2.45) is 0 Å². The van der Waals surface area contributed by atoms with E-state index in [1.807, 2.05) is 37.5 Å². The summed E-state index contributed by atoms with van der Waals surface area (Å²) in [6.45, 7) is 0.951. The predicted molar refractivity (Wildman–Crippen MR) is 84.6 cm³/mol. The number of rotatable bonds is 4. The summed E-state index contributed by atoms with van der Waals surface area (Å²) in [5.41, 5.74) is 2.24. The molecule has 1 aromatic carbocycles. The van der Waals surface area contributed by atoms with E-state index in [9.17, 15) is 0 Å². The molecule has 1 aliphatic rings. The van der Waals surface area contributed by atoms with Crippen LogP contribution in [-0.2, 0) is 5.41 Å². The maximum absolute atomic E-state index is 4.84. The largest absolute Gasteiger partial charge is 0.319 e. The first-order valence-corrected chi connectivity index (χ1v) is 7.77. The Kier molecular flexibility index (Phi) is 3.85. The van der Waals surface area contributed by atoms with Gasteiger partial charge in [-0.15, -0.1) is 0 Å². The lowest BCUT2D eigenvalue weighted by molar-refractivity contribution is 0.225.